The molecule has 3 aromatic rings. The third-order valence-corrected chi connectivity index (χ3v) is 5.36. The molecule has 0 saturated carbocycles. The van der Waals surface area contributed by atoms with Gasteiger partial charge < -0.3 is 18.8 Å². The van der Waals surface area contributed by atoms with E-state index in [0.29, 0.717) is 36.1 Å². The molecule has 4 rings (SSSR count). The van der Waals surface area contributed by atoms with Gasteiger partial charge in [-0.2, -0.15) is 4.99 Å². The molecule has 146 valence electrons. The normalized spacial score (nSPS) is 13.4. The van der Waals surface area contributed by atoms with Crippen LogP contribution in [0.3, 0.4) is 0 Å². The molecule has 0 unspecified atom stereocenters. The molecule has 0 aliphatic carbocycles. The second-order valence-corrected chi connectivity index (χ2v) is 7.22. The van der Waals surface area contributed by atoms with Crippen LogP contribution in [0.2, 0.25) is 0 Å². The number of rotatable bonds is 6. The Balaban J connectivity index is 1.63. The molecule has 0 atom stereocenters. The van der Waals surface area contributed by atoms with Gasteiger partial charge in [0.15, 0.2) is 16.3 Å². The number of aromatic nitrogens is 1. The fraction of sp³-hybridized carbons (Fsp3) is 0.300. The molecule has 8 heteroatoms. The van der Waals surface area contributed by atoms with Gasteiger partial charge in [-0.05, 0) is 42.8 Å². The molecule has 6 nitrogen and oxygen atoms in total. The van der Waals surface area contributed by atoms with Gasteiger partial charge in [0, 0.05) is 13.2 Å². The number of benzene rings is 2. The molecule has 0 fully saturated rings. The van der Waals surface area contributed by atoms with E-state index >= 15 is 0 Å². The first-order valence-electron chi connectivity index (χ1n) is 8.97. The number of amides is 1. The quantitative estimate of drug-likeness (QED) is 0.594. The van der Waals surface area contributed by atoms with Crippen molar-refractivity contribution in [1.29, 1.82) is 0 Å². The first-order chi connectivity index (χ1) is 13.6. The number of hydrogen-bond donors (Lipinski definition) is 0. The van der Waals surface area contributed by atoms with Crippen LogP contribution in [0.5, 0.6) is 11.5 Å². The maximum absolute atomic E-state index is 13.6. The van der Waals surface area contributed by atoms with Crippen LogP contribution in [0, 0.1) is 5.82 Å². The summed E-state index contributed by atoms with van der Waals surface area (Å²) in [6, 6.07) is 9.97. The molecule has 0 N–H and O–H groups in total. The highest BCUT2D eigenvalue weighted by Crippen LogP contribution is 2.32. The highest BCUT2D eigenvalue weighted by atomic mass is 32.1. The van der Waals surface area contributed by atoms with Crippen LogP contribution < -0.4 is 14.3 Å². The van der Waals surface area contributed by atoms with Crippen LogP contribution in [0.15, 0.2) is 41.4 Å². The summed E-state index contributed by atoms with van der Waals surface area (Å²) in [5, 5.41) is 0. The molecular weight excluding hydrogens is 383 g/mol. The number of carbonyl (C=O) groups is 1. The number of nitrogens with zero attached hydrogens (tertiary/aromatic N) is 2. The Kier molecular flexibility index (Phi) is 5.40. The Morgan fingerprint density at radius 3 is 2.96 bits per heavy atom. The van der Waals surface area contributed by atoms with Gasteiger partial charge in [-0.3, -0.25) is 4.79 Å². The van der Waals surface area contributed by atoms with E-state index in [2.05, 4.69) is 4.99 Å². The van der Waals surface area contributed by atoms with E-state index in [-0.39, 0.29) is 24.9 Å². The van der Waals surface area contributed by atoms with Gasteiger partial charge >= 0.3 is 0 Å². The average molecular weight is 402 g/mol. The molecule has 0 bridgehead atoms. The predicted octanol–water partition coefficient (Wildman–Crippen LogP) is 3.28. The van der Waals surface area contributed by atoms with E-state index in [4.69, 9.17) is 14.2 Å². The molecule has 1 aromatic heterocycles. The second-order valence-electron chi connectivity index (χ2n) is 6.22. The summed E-state index contributed by atoms with van der Waals surface area (Å²) < 4.78 is 32.3. The minimum absolute atomic E-state index is 0.144. The lowest BCUT2D eigenvalue weighted by atomic mass is 10.1. The Morgan fingerprint density at radius 2 is 2.11 bits per heavy atom. The predicted molar refractivity (Wildman–Crippen MR) is 103 cm³/mol. The summed E-state index contributed by atoms with van der Waals surface area (Å²) in [4.78, 5) is 17.4. The minimum Gasteiger partial charge on any atom is -0.454 e. The second kappa shape index (κ2) is 8.12. The first kappa shape index (κ1) is 18.6. The lowest BCUT2D eigenvalue weighted by Crippen LogP contribution is -2.20. The van der Waals surface area contributed by atoms with E-state index in [9.17, 15) is 9.18 Å². The molecule has 0 radical (unpaired) electrons. The van der Waals surface area contributed by atoms with Crippen molar-refractivity contribution in [3.8, 4) is 11.5 Å². The van der Waals surface area contributed by atoms with E-state index in [1.165, 1.54) is 23.5 Å². The third kappa shape index (κ3) is 3.93. The minimum atomic E-state index is -0.316. The van der Waals surface area contributed by atoms with Gasteiger partial charge in [-0.1, -0.05) is 17.4 Å². The van der Waals surface area contributed by atoms with Crippen LogP contribution in [0.1, 0.15) is 12.5 Å². The molecule has 0 saturated heterocycles. The maximum Gasteiger partial charge on any atom is 0.252 e. The summed E-state index contributed by atoms with van der Waals surface area (Å²) in [6.45, 7) is 3.74. The number of thiazole rings is 1. The molecule has 1 aliphatic heterocycles. The number of hydrogen-bond acceptors (Lipinski definition) is 5. The fourth-order valence-corrected chi connectivity index (χ4v) is 4.12. The van der Waals surface area contributed by atoms with Crippen LogP contribution in [0.25, 0.3) is 10.2 Å². The van der Waals surface area contributed by atoms with Crippen LogP contribution in [0.4, 0.5) is 4.39 Å². The number of fused-ring (bicyclic) bond motifs is 2. The SMILES string of the molecule is CCOCCn1c(=NC(=O)Cc2ccc3c(c2)OCO3)sc2cc(F)ccc21. The Bertz CT molecular complexity index is 1090. The van der Waals surface area contributed by atoms with Gasteiger partial charge in [0.1, 0.15) is 5.82 Å². The zero-order valence-corrected chi connectivity index (χ0v) is 16.1. The fourth-order valence-electron chi connectivity index (χ4n) is 3.02. The van der Waals surface area contributed by atoms with Gasteiger partial charge in [-0.15, -0.1) is 0 Å². The zero-order chi connectivity index (χ0) is 19.5. The first-order valence-corrected chi connectivity index (χ1v) is 9.78. The standard InChI is InChI=1S/C20H19FN2O4S/c1-2-25-8-7-23-15-5-4-14(21)11-18(15)28-20(23)22-19(24)10-13-3-6-16-17(9-13)27-12-26-16/h3-6,9,11H,2,7-8,10,12H2,1H3. The van der Waals surface area contributed by atoms with Crippen LogP contribution in [-0.2, 0) is 22.5 Å². The topological polar surface area (TPSA) is 62.1 Å². The summed E-state index contributed by atoms with van der Waals surface area (Å²) in [5.74, 6) is 0.711. The average Bonchev–Trinajstić information content (AvgIpc) is 3.25. The summed E-state index contributed by atoms with van der Waals surface area (Å²) in [5.41, 5.74) is 1.63. The van der Waals surface area contributed by atoms with Crippen molar-refractivity contribution in [2.75, 3.05) is 20.0 Å². The van der Waals surface area contributed by atoms with Gasteiger partial charge in [0.25, 0.3) is 5.91 Å². The molecule has 2 aromatic carbocycles. The van der Waals surface area contributed by atoms with E-state index < -0.39 is 0 Å². The highest BCUT2D eigenvalue weighted by molar-refractivity contribution is 7.16. The monoisotopic (exact) mass is 402 g/mol. The smallest absolute Gasteiger partial charge is 0.252 e. The van der Waals surface area contributed by atoms with Crippen molar-refractivity contribution in [1.82, 2.24) is 4.57 Å². The largest absolute Gasteiger partial charge is 0.454 e. The van der Waals surface area contributed by atoms with Crippen LogP contribution >= 0.6 is 11.3 Å². The Labute approximate surface area is 164 Å². The highest BCUT2D eigenvalue weighted by Gasteiger charge is 2.15. The third-order valence-electron chi connectivity index (χ3n) is 4.32. The van der Waals surface area contributed by atoms with Crippen molar-refractivity contribution < 1.29 is 23.4 Å². The van der Waals surface area contributed by atoms with Gasteiger partial charge in [-0.25, -0.2) is 4.39 Å². The number of halogens is 1. The molecular formula is C20H19FN2O4S. The zero-order valence-electron chi connectivity index (χ0n) is 15.3. The van der Waals surface area contributed by atoms with E-state index in [1.807, 2.05) is 17.6 Å². The van der Waals surface area contributed by atoms with Crippen molar-refractivity contribution in [2.45, 2.75) is 19.9 Å². The van der Waals surface area contributed by atoms with E-state index in [0.717, 1.165) is 15.8 Å². The lowest BCUT2D eigenvalue weighted by molar-refractivity contribution is -0.117. The molecule has 1 amide bonds. The molecule has 2 heterocycles. The van der Waals surface area contributed by atoms with Crippen molar-refractivity contribution in [2.24, 2.45) is 4.99 Å². The van der Waals surface area contributed by atoms with Gasteiger partial charge in [0.05, 0.1) is 23.2 Å². The Morgan fingerprint density at radius 1 is 1.25 bits per heavy atom. The van der Waals surface area contributed by atoms with Crippen LogP contribution in [-0.4, -0.2) is 30.5 Å². The molecule has 0 spiro atoms. The lowest BCUT2D eigenvalue weighted by Gasteiger charge is -2.05. The summed E-state index contributed by atoms with van der Waals surface area (Å²) in [7, 11) is 0. The number of ether oxygens (including phenoxy) is 3. The Hall–Kier alpha value is -2.71. The summed E-state index contributed by atoms with van der Waals surface area (Å²) in [6.07, 6.45) is 0.144. The maximum atomic E-state index is 13.6. The van der Waals surface area contributed by atoms with Crippen molar-refractivity contribution in [3.63, 3.8) is 0 Å². The molecule has 1 aliphatic rings. The van der Waals surface area contributed by atoms with Crippen molar-refractivity contribution in [3.05, 3.63) is 52.6 Å². The van der Waals surface area contributed by atoms with Crippen molar-refractivity contribution >= 4 is 27.5 Å². The van der Waals surface area contributed by atoms with Gasteiger partial charge in [0.2, 0.25) is 6.79 Å². The summed E-state index contributed by atoms with van der Waals surface area (Å²) >= 11 is 1.29. The van der Waals surface area contributed by atoms with E-state index in [1.54, 1.807) is 18.2 Å². The number of carbonyl (C=O) groups excluding carboxylic acids is 1. The molecule has 28 heavy (non-hydrogen) atoms.